The van der Waals surface area contributed by atoms with Crippen LogP contribution in [0.1, 0.15) is 46.8 Å². The summed E-state index contributed by atoms with van der Waals surface area (Å²) >= 11 is 0. The Balaban J connectivity index is 2.74. The number of hydrogen-bond acceptors (Lipinski definition) is 5. The van der Waals surface area contributed by atoms with Crippen LogP contribution in [0.3, 0.4) is 0 Å². The molecule has 1 unspecified atom stereocenters. The maximum atomic E-state index is 13.0. The van der Waals surface area contributed by atoms with Crippen molar-refractivity contribution in [2.75, 3.05) is 7.11 Å². The van der Waals surface area contributed by atoms with E-state index in [2.05, 4.69) is 0 Å². The molecule has 0 aromatic heterocycles. The van der Waals surface area contributed by atoms with Gasteiger partial charge in [0, 0.05) is 11.6 Å². The van der Waals surface area contributed by atoms with Crippen LogP contribution in [-0.4, -0.2) is 34.2 Å². The van der Waals surface area contributed by atoms with E-state index < -0.39 is 23.4 Å². The van der Waals surface area contributed by atoms with E-state index >= 15 is 0 Å². The topological polar surface area (TPSA) is 104 Å². The number of hydrogen-bond donors (Lipinski definition) is 3. The molecule has 3 N–H and O–H groups in total. The summed E-state index contributed by atoms with van der Waals surface area (Å²) in [6, 6.07) is 7.44. The number of ketones is 1. The van der Waals surface area contributed by atoms with Crippen LogP contribution in [0.5, 0.6) is 17.2 Å². The monoisotopic (exact) mass is 344 g/mol. The number of rotatable bonds is 6. The summed E-state index contributed by atoms with van der Waals surface area (Å²) < 4.78 is 5.10. The lowest BCUT2D eigenvalue weighted by molar-refractivity contribution is -0.138. The smallest absolute Gasteiger partial charge is 0.310 e. The lowest BCUT2D eigenvalue weighted by Crippen LogP contribution is -2.16. The number of carboxylic acids is 1. The van der Waals surface area contributed by atoms with Crippen LogP contribution in [0.4, 0.5) is 0 Å². The Morgan fingerprint density at radius 3 is 2.40 bits per heavy atom. The van der Waals surface area contributed by atoms with Crippen molar-refractivity contribution in [1.29, 1.82) is 0 Å². The highest BCUT2D eigenvalue weighted by atomic mass is 16.5. The number of methoxy groups -OCH3 is 1. The molecule has 2 aromatic rings. The number of carboxylic acid groups (broad SMARTS) is 1. The maximum absolute atomic E-state index is 13.0. The molecule has 0 spiro atoms. The highest BCUT2D eigenvalue weighted by Gasteiger charge is 2.29. The van der Waals surface area contributed by atoms with E-state index in [-0.39, 0.29) is 22.4 Å². The summed E-state index contributed by atoms with van der Waals surface area (Å²) in [5.74, 6) is -2.98. The van der Waals surface area contributed by atoms with Gasteiger partial charge in [0.1, 0.15) is 17.2 Å². The Kier molecular flexibility index (Phi) is 5.32. The second-order valence-corrected chi connectivity index (χ2v) is 5.66. The van der Waals surface area contributed by atoms with Crippen molar-refractivity contribution in [3.05, 3.63) is 52.6 Å². The lowest BCUT2D eigenvalue weighted by atomic mass is 9.85. The van der Waals surface area contributed by atoms with Gasteiger partial charge in [-0.05, 0) is 36.6 Å². The van der Waals surface area contributed by atoms with Gasteiger partial charge in [-0.2, -0.15) is 0 Å². The van der Waals surface area contributed by atoms with Crippen molar-refractivity contribution in [1.82, 2.24) is 0 Å². The van der Waals surface area contributed by atoms with E-state index in [1.54, 1.807) is 25.1 Å². The van der Waals surface area contributed by atoms with Gasteiger partial charge in [-0.1, -0.05) is 19.1 Å². The molecule has 0 aliphatic carbocycles. The summed E-state index contributed by atoms with van der Waals surface area (Å²) in [6.07, 6.45) is 0.317. The fourth-order valence-electron chi connectivity index (χ4n) is 2.84. The van der Waals surface area contributed by atoms with Crippen molar-refractivity contribution in [2.24, 2.45) is 0 Å². The molecular formula is C19H20O6. The molecule has 0 saturated heterocycles. The van der Waals surface area contributed by atoms with Gasteiger partial charge in [-0.25, -0.2) is 0 Å². The van der Waals surface area contributed by atoms with Gasteiger partial charge in [-0.15, -0.1) is 0 Å². The van der Waals surface area contributed by atoms with Crippen LogP contribution in [-0.2, 0) is 11.2 Å². The van der Waals surface area contributed by atoms with Gasteiger partial charge in [0.15, 0.2) is 5.78 Å². The predicted molar refractivity (Wildman–Crippen MR) is 91.6 cm³/mol. The normalized spacial score (nSPS) is 11.8. The molecule has 0 radical (unpaired) electrons. The Morgan fingerprint density at radius 1 is 1.16 bits per heavy atom. The molecule has 2 aromatic carbocycles. The van der Waals surface area contributed by atoms with Gasteiger partial charge in [-0.3, -0.25) is 9.59 Å². The molecule has 1 atom stereocenters. The van der Waals surface area contributed by atoms with Crippen LogP contribution in [0.25, 0.3) is 0 Å². The number of ether oxygens (including phenoxy) is 1. The fourth-order valence-corrected chi connectivity index (χ4v) is 2.84. The number of aromatic hydroxyl groups is 2. The first-order valence-corrected chi connectivity index (χ1v) is 7.81. The average Bonchev–Trinajstić information content (AvgIpc) is 2.59. The first kappa shape index (κ1) is 18.3. The summed E-state index contributed by atoms with van der Waals surface area (Å²) in [5.41, 5.74) is 0.596. The van der Waals surface area contributed by atoms with E-state index in [1.807, 2.05) is 0 Å². The number of carbonyl (C=O) groups is 2. The number of carbonyl (C=O) groups excluding carboxylic acids is 1. The maximum Gasteiger partial charge on any atom is 0.310 e. The highest BCUT2D eigenvalue weighted by Crippen LogP contribution is 2.38. The van der Waals surface area contributed by atoms with Crippen molar-refractivity contribution in [3.63, 3.8) is 0 Å². The van der Waals surface area contributed by atoms with E-state index in [4.69, 9.17) is 4.74 Å². The van der Waals surface area contributed by atoms with E-state index in [9.17, 15) is 24.9 Å². The van der Waals surface area contributed by atoms with Crippen molar-refractivity contribution >= 4 is 11.8 Å². The molecule has 25 heavy (non-hydrogen) atoms. The van der Waals surface area contributed by atoms with E-state index in [0.29, 0.717) is 17.7 Å². The second-order valence-electron chi connectivity index (χ2n) is 5.66. The molecule has 0 heterocycles. The van der Waals surface area contributed by atoms with E-state index in [1.165, 1.54) is 20.1 Å². The molecule has 2 rings (SSSR count). The molecule has 6 heteroatoms. The van der Waals surface area contributed by atoms with Gasteiger partial charge < -0.3 is 20.1 Å². The van der Waals surface area contributed by atoms with Crippen LogP contribution < -0.4 is 4.74 Å². The molecule has 0 fully saturated rings. The minimum atomic E-state index is -1.15. The zero-order valence-electron chi connectivity index (χ0n) is 14.2. The highest BCUT2D eigenvalue weighted by molar-refractivity contribution is 6.12. The van der Waals surface area contributed by atoms with Crippen molar-refractivity contribution in [3.8, 4) is 17.2 Å². The third kappa shape index (κ3) is 3.42. The van der Waals surface area contributed by atoms with Crippen LogP contribution >= 0.6 is 0 Å². The van der Waals surface area contributed by atoms with Crippen molar-refractivity contribution < 1.29 is 29.6 Å². The minimum Gasteiger partial charge on any atom is -0.508 e. The third-order valence-corrected chi connectivity index (χ3v) is 4.15. The van der Waals surface area contributed by atoms with Gasteiger partial charge >= 0.3 is 5.97 Å². The van der Waals surface area contributed by atoms with Crippen LogP contribution in [0.15, 0.2) is 30.3 Å². The molecule has 6 nitrogen and oxygen atoms in total. The predicted octanol–water partition coefficient (Wildman–Crippen LogP) is 3.09. The quantitative estimate of drug-likeness (QED) is 0.696. The van der Waals surface area contributed by atoms with Gasteiger partial charge in [0.05, 0.1) is 18.6 Å². The summed E-state index contributed by atoms with van der Waals surface area (Å²) in [5, 5.41) is 29.8. The lowest BCUT2D eigenvalue weighted by Gasteiger charge is -2.19. The number of aliphatic carboxylic acids is 1. The molecular weight excluding hydrogens is 324 g/mol. The zero-order valence-corrected chi connectivity index (χ0v) is 14.2. The largest absolute Gasteiger partial charge is 0.508 e. The first-order valence-electron chi connectivity index (χ1n) is 7.81. The van der Waals surface area contributed by atoms with Gasteiger partial charge in [0.2, 0.25) is 0 Å². The van der Waals surface area contributed by atoms with Gasteiger partial charge in [0.25, 0.3) is 0 Å². The zero-order chi connectivity index (χ0) is 18.7. The molecule has 0 aliphatic heterocycles. The molecule has 132 valence electrons. The fraction of sp³-hybridized carbons (Fsp3) is 0.263. The Hall–Kier alpha value is -3.02. The van der Waals surface area contributed by atoms with Crippen molar-refractivity contribution in [2.45, 2.75) is 26.2 Å². The second kappa shape index (κ2) is 7.25. The molecule has 0 aliphatic rings. The Morgan fingerprint density at radius 2 is 1.84 bits per heavy atom. The minimum absolute atomic E-state index is 0.113. The molecule has 0 saturated carbocycles. The Bertz CT molecular complexity index is 825. The van der Waals surface area contributed by atoms with Crippen LogP contribution in [0.2, 0.25) is 0 Å². The average molecular weight is 344 g/mol. The standard InChI is InChI=1S/C19H20O6/c1-4-13-14(20)9-15(21)17(16(13)10(2)19(23)24)18(22)11-6-5-7-12(8-11)25-3/h5-10,20-21H,4H2,1-3H3,(H,23,24). The first-order chi connectivity index (χ1) is 11.8. The summed E-state index contributed by atoms with van der Waals surface area (Å²) in [6.45, 7) is 3.15. The number of phenols is 2. The molecule has 0 bridgehead atoms. The van der Waals surface area contributed by atoms with Crippen LogP contribution in [0, 0.1) is 0 Å². The summed E-state index contributed by atoms with van der Waals surface area (Å²) in [4.78, 5) is 24.5. The Labute approximate surface area is 145 Å². The van der Waals surface area contributed by atoms with E-state index in [0.717, 1.165) is 6.07 Å². The molecule has 0 amide bonds. The number of benzene rings is 2. The summed E-state index contributed by atoms with van der Waals surface area (Å²) in [7, 11) is 1.47. The number of phenolic OH excluding ortho intramolecular Hbond substituents is 2. The SMILES string of the molecule is CCc1c(O)cc(O)c(C(=O)c2cccc(OC)c2)c1C(C)C(=O)O. The third-order valence-electron chi connectivity index (χ3n) is 4.15.